The number of phenolic OH excluding ortho intramolecular Hbond substituents is 1. The van der Waals surface area contributed by atoms with E-state index < -0.39 is 8.77 Å². The Morgan fingerprint density at radius 1 is 1.21 bits per heavy atom. The highest BCUT2D eigenvalue weighted by atomic mass is 32.8. The van der Waals surface area contributed by atoms with Crippen LogP contribution in [0.25, 0.3) is 0 Å². The summed E-state index contributed by atoms with van der Waals surface area (Å²) in [7, 11) is -2.63. The van der Waals surface area contributed by atoms with Gasteiger partial charge >= 0.3 is 0 Å². The van der Waals surface area contributed by atoms with Crippen molar-refractivity contribution in [3.8, 4) is 5.75 Å². The van der Waals surface area contributed by atoms with E-state index in [1.165, 1.54) is 6.26 Å². The van der Waals surface area contributed by atoms with E-state index in [0.717, 1.165) is 16.7 Å². The van der Waals surface area contributed by atoms with E-state index in [1.807, 2.05) is 39.8 Å². The lowest BCUT2D eigenvalue weighted by Gasteiger charge is -2.17. The van der Waals surface area contributed by atoms with Crippen molar-refractivity contribution in [3.05, 3.63) is 28.8 Å². The summed E-state index contributed by atoms with van der Waals surface area (Å²) in [6.07, 6.45) is 1.40. The highest BCUT2D eigenvalue weighted by Crippen LogP contribution is 2.34. The Bertz CT molecular complexity index is 517. The van der Waals surface area contributed by atoms with Crippen molar-refractivity contribution in [2.75, 3.05) is 6.26 Å². The van der Waals surface area contributed by atoms with E-state index in [4.69, 9.17) is 15.4 Å². The van der Waals surface area contributed by atoms with Crippen LogP contribution in [0.1, 0.15) is 56.2 Å². The second kappa shape index (κ2) is 6.20. The summed E-state index contributed by atoms with van der Waals surface area (Å²) in [5.41, 5.74) is 2.66. The Morgan fingerprint density at radius 2 is 1.63 bits per heavy atom. The average Bonchev–Trinajstić information content (AvgIpc) is 2.25. The molecule has 0 aromatic heterocycles. The second-order valence-corrected chi connectivity index (χ2v) is 8.86. The molecule has 0 heterocycles. The van der Waals surface area contributed by atoms with Crippen LogP contribution in [-0.4, -0.2) is 15.6 Å². The standard InChI is InChI=1S/C14H22O3S2/c1-9(2)12-6-11(8-17-19(5,16)18)7-13(10(3)4)14(12)15/h6-7,9-10,15H,8H2,1-5H3. The number of rotatable bonds is 5. The van der Waals surface area contributed by atoms with Gasteiger partial charge in [-0.2, -0.15) is 0 Å². The first-order valence-corrected chi connectivity index (χ1v) is 9.13. The summed E-state index contributed by atoms with van der Waals surface area (Å²) in [5.74, 6) is 0.781. The van der Waals surface area contributed by atoms with Gasteiger partial charge in [0.1, 0.15) is 14.5 Å². The van der Waals surface area contributed by atoms with Crippen molar-refractivity contribution >= 4 is 20.0 Å². The van der Waals surface area contributed by atoms with Gasteiger partial charge in [0.25, 0.3) is 0 Å². The van der Waals surface area contributed by atoms with Crippen LogP contribution >= 0.6 is 0 Å². The van der Waals surface area contributed by atoms with Crippen LogP contribution in [0.4, 0.5) is 0 Å². The minimum Gasteiger partial charge on any atom is -0.507 e. The molecule has 0 bridgehead atoms. The topological polar surface area (TPSA) is 46.5 Å². The fourth-order valence-electron chi connectivity index (χ4n) is 1.88. The Kier molecular flexibility index (Phi) is 5.35. The first-order chi connectivity index (χ1) is 8.61. The SMILES string of the molecule is CC(C)c1cc(COS(C)(=O)=S)cc(C(C)C)c1O. The molecule has 0 saturated heterocycles. The molecule has 5 heteroatoms. The average molecular weight is 302 g/mol. The van der Waals surface area contributed by atoms with Crippen molar-refractivity contribution in [1.82, 2.24) is 0 Å². The molecule has 0 amide bonds. The zero-order valence-corrected chi connectivity index (χ0v) is 13.7. The molecule has 0 saturated carbocycles. The second-order valence-electron chi connectivity index (χ2n) is 5.40. The molecule has 19 heavy (non-hydrogen) atoms. The van der Waals surface area contributed by atoms with Crippen molar-refractivity contribution in [1.29, 1.82) is 0 Å². The van der Waals surface area contributed by atoms with Gasteiger partial charge in [-0.1, -0.05) is 27.7 Å². The van der Waals surface area contributed by atoms with E-state index >= 15 is 0 Å². The quantitative estimate of drug-likeness (QED) is 0.905. The third-order valence-electron chi connectivity index (χ3n) is 2.91. The molecule has 0 aliphatic heterocycles. The minimum atomic E-state index is -2.63. The Hall–Kier alpha value is -0.650. The predicted molar refractivity (Wildman–Crippen MR) is 82.5 cm³/mol. The lowest BCUT2D eigenvalue weighted by molar-refractivity contribution is 0.337. The minimum absolute atomic E-state index is 0.207. The van der Waals surface area contributed by atoms with Crippen LogP contribution < -0.4 is 0 Å². The summed E-state index contributed by atoms with van der Waals surface area (Å²) in [4.78, 5) is 0. The van der Waals surface area contributed by atoms with Crippen molar-refractivity contribution in [3.63, 3.8) is 0 Å². The Balaban J connectivity index is 3.19. The summed E-state index contributed by atoms with van der Waals surface area (Å²) < 4.78 is 16.6. The smallest absolute Gasteiger partial charge is 0.141 e. The Labute approximate surface area is 120 Å². The van der Waals surface area contributed by atoms with E-state index in [0.29, 0.717) is 5.75 Å². The normalized spacial score (nSPS) is 14.9. The molecule has 1 unspecified atom stereocenters. The van der Waals surface area contributed by atoms with Crippen molar-refractivity contribution in [2.45, 2.75) is 46.1 Å². The molecule has 1 rings (SSSR count). The maximum Gasteiger partial charge on any atom is 0.141 e. The van der Waals surface area contributed by atoms with Crippen LogP contribution in [0.3, 0.4) is 0 Å². The number of aromatic hydroxyl groups is 1. The maximum absolute atomic E-state index is 11.4. The summed E-state index contributed by atoms with van der Waals surface area (Å²) in [6, 6.07) is 3.79. The van der Waals surface area contributed by atoms with E-state index in [1.54, 1.807) is 0 Å². The van der Waals surface area contributed by atoms with E-state index in [9.17, 15) is 9.32 Å². The molecule has 1 atom stereocenters. The molecule has 0 fully saturated rings. The molecule has 1 N–H and O–H groups in total. The van der Waals surface area contributed by atoms with Crippen molar-refractivity contribution < 1.29 is 13.5 Å². The third-order valence-corrected chi connectivity index (χ3v) is 3.75. The lowest BCUT2D eigenvalue weighted by Crippen LogP contribution is -2.04. The van der Waals surface area contributed by atoms with Gasteiger partial charge in [-0.15, -0.1) is 0 Å². The predicted octanol–water partition coefficient (Wildman–Crippen LogP) is 3.45. The first-order valence-electron chi connectivity index (χ1n) is 6.32. The highest BCUT2D eigenvalue weighted by Gasteiger charge is 2.15. The third kappa shape index (κ3) is 4.75. The number of hydrogen-bond acceptors (Lipinski definition) is 4. The number of phenols is 1. The van der Waals surface area contributed by atoms with Gasteiger partial charge in [0.2, 0.25) is 0 Å². The number of benzene rings is 1. The summed E-state index contributed by atoms with van der Waals surface area (Å²) in [6.45, 7) is 8.32. The zero-order chi connectivity index (χ0) is 14.8. The van der Waals surface area contributed by atoms with Gasteiger partial charge < -0.3 is 5.11 Å². The number of hydrogen-bond donors (Lipinski definition) is 1. The zero-order valence-electron chi connectivity index (χ0n) is 12.1. The van der Waals surface area contributed by atoms with Crippen molar-refractivity contribution in [2.24, 2.45) is 0 Å². The first kappa shape index (κ1) is 16.4. The van der Waals surface area contributed by atoms with Crippen LogP contribution in [0, 0.1) is 0 Å². The molecule has 3 nitrogen and oxygen atoms in total. The lowest BCUT2D eigenvalue weighted by atomic mass is 9.92. The van der Waals surface area contributed by atoms with E-state index in [-0.39, 0.29) is 18.4 Å². The van der Waals surface area contributed by atoms with Gasteiger partial charge in [-0.05, 0) is 40.7 Å². The molecule has 1 aromatic carbocycles. The molecule has 0 aliphatic carbocycles. The van der Waals surface area contributed by atoms with Crippen LogP contribution in [0.15, 0.2) is 12.1 Å². The molecule has 0 spiro atoms. The maximum atomic E-state index is 11.4. The van der Waals surface area contributed by atoms with Crippen LogP contribution in [-0.2, 0) is 30.8 Å². The fourth-order valence-corrected chi connectivity index (χ4v) is 2.38. The fraction of sp³-hybridized carbons (Fsp3) is 0.571. The Morgan fingerprint density at radius 3 is 1.95 bits per heavy atom. The van der Waals surface area contributed by atoms with Gasteiger partial charge in [-0.25, -0.2) is 4.21 Å². The van der Waals surface area contributed by atoms with Gasteiger partial charge in [0.05, 0.1) is 6.61 Å². The molecular formula is C14H22O3S2. The summed E-state index contributed by atoms with van der Waals surface area (Å²) >= 11 is 4.73. The summed E-state index contributed by atoms with van der Waals surface area (Å²) in [5, 5.41) is 10.3. The molecule has 0 radical (unpaired) electrons. The van der Waals surface area contributed by atoms with Gasteiger partial charge in [0.15, 0.2) is 0 Å². The molecule has 0 aliphatic rings. The highest BCUT2D eigenvalue weighted by molar-refractivity contribution is 8.29. The van der Waals surface area contributed by atoms with E-state index in [2.05, 4.69) is 0 Å². The van der Waals surface area contributed by atoms with Crippen LogP contribution in [0.5, 0.6) is 5.75 Å². The van der Waals surface area contributed by atoms with Crippen LogP contribution in [0.2, 0.25) is 0 Å². The largest absolute Gasteiger partial charge is 0.507 e. The van der Waals surface area contributed by atoms with Gasteiger partial charge in [-0.3, -0.25) is 4.18 Å². The monoisotopic (exact) mass is 302 g/mol. The molecular weight excluding hydrogens is 280 g/mol. The molecule has 108 valence electrons. The molecule has 1 aromatic rings. The van der Waals surface area contributed by atoms with Gasteiger partial charge in [0, 0.05) is 17.4 Å².